The van der Waals surface area contributed by atoms with Crippen LogP contribution in [0.4, 0.5) is 10.5 Å². The number of rotatable bonds is 7. The van der Waals surface area contributed by atoms with E-state index in [0.717, 1.165) is 24.1 Å². The Morgan fingerprint density at radius 1 is 1.31 bits per heavy atom. The van der Waals surface area contributed by atoms with Gasteiger partial charge in [-0.3, -0.25) is 9.69 Å². The van der Waals surface area contributed by atoms with E-state index in [1.807, 2.05) is 41.5 Å². The van der Waals surface area contributed by atoms with Gasteiger partial charge < -0.3 is 15.7 Å². The summed E-state index contributed by atoms with van der Waals surface area (Å²) in [6.45, 7) is 2.68. The van der Waals surface area contributed by atoms with Crippen LogP contribution in [0.3, 0.4) is 0 Å². The van der Waals surface area contributed by atoms with E-state index in [9.17, 15) is 9.59 Å². The number of carboxylic acids is 1. The predicted molar refractivity (Wildman–Crippen MR) is 99.2 cm³/mol. The van der Waals surface area contributed by atoms with Gasteiger partial charge in [-0.25, -0.2) is 4.79 Å². The van der Waals surface area contributed by atoms with E-state index in [1.54, 1.807) is 0 Å². The van der Waals surface area contributed by atoms with Crippen molar-refractivity contribution in [1.82, 2.24) is 19.8 Å². The normalized spacial score (nSPS) is 19.0. The topological polar surface area (TPSA) is 107 Å². The molecule has 9 heteroatoms. The number of aliphatic carboxylic acids is 1. The number of hydrogen-bond donors (Lipinski definition) is 3. The molecule has 0 saturated heterocycles. The smallest absolute Gasteiger partial charge is 0.319 e. The molecule has 8 nitrogen and oxygen atoms in total. The average molecular weight is 375 g/mol. The van der Waals surface area contributed by atoms with Crippen LogP contribution in [0.1, 0.15) is 19.8 Å². The largest absolute Gasteiger partial charge is 0.480 e. The highest BCUT2D eigenvalue weighted by Crippen LogP contribution is 2.26. The molecule has 3 N–H and O–H groups in total. The Balaban J connectivity index is 1.44. The van der Waals surface area contributed by atoms with Gasteiger partial charge in [-0.2, -0.15) is 0 Å². The molecule has 1 heterocycles. The van der Waals surface area contributed by atoms with Gasteiger partial charge in [-0.15, -0.1) is 5.10 Å². The summed E-state index contributed by atoms with van der Waals surface area (Å²) in [4.78, 5) is 24.9. The molecule has 0 aliphatic heterocycles. The van der Waals surface area contributed by atoms with Crippen LogP contribution in [-0.4, -0.2) is 56.8 Å². The van der Waals surface area contributed by atoms with Gasteiger partial charge in [0.15, 0.2) is 0 Å². The highest BCUT2D eigenvalue weighted by Gasteiger charge is 2.34. The number of hydrogen-bond acceptors (Lipinski definition) is 6. The number of urea groups is 1. The third kappa shape index (κ3) is 4.55. The van der Waals surface area contributed by atoms with Crippen LogP contribution in [0.25, 0.3) is 11.3 Å². The van der Waals surface area contributed by atoms with E-state index in [-0.39, 0.29) is 24.7 Å². The van der Waals surface area contributed by atoms with Crippen LogP contribution in [0.5, 0.6) is 0 Å². The lowest BCUT2D eigenvalue weighted by molar-refractivity contribution is -0.139. The number of likely N-dealkylation sites (N-methyl/N-ethyl adjacent to an activating group) is 1. The maximum absolute atomic E-state index is 12.1. The van der Waals surface area contributed by atoms with Crippen LogP contribution < -0.4 is 10.6 Å². The summed E-state index contributed by atoms with van der Waals surface area (Å²) in [5.74, 6) is -0.821. The standard InChI is InChI=1S/C17H21N5O3S/c1-2-22(9-16(23)24)14-7-13(8-14)19-17(25)18-12-5-3-11(4-6-12)15-10-26-21-20-15/h3-6,10,13-14H,2,7-9H2,1H3,(H,23,24)(H2,18,19,25). The van der Waals surface area contributed by atoms with Crippen LogP contribution in [0.15, 0.2) is 29.6 Å². The zero-order valence-electron chi connectivity index (χ0n) is 14.4. The van der Waals surface area contributed by atoms with Crippen molar-refractivity contribution in [3.8, 4) is 11.3 Å². The third-order valence-electron chi connectivity index (χ3n) is 4.51. The van der Waals surface area contributed by atoms with E-state index >= 15 is 0 Å². The fraction of sp³-hybridized carbons (Fsp3) is 0.412. The Labute approximate surface area is 155 Å². The van der Waals surface area contributed by atoms with Crippen molar-refractivity contribution >= 4 is 29.2 Å². The summed E-state index contributed by atoms with van der Waals surface area (Å²) in [6.07, 6.45) is 1.54. The van der Waals surface area contributed by atoms with Gasteiger partial charge in [0.25, 0.3) is 0 Å². The summed E-state index contributed by atoms with van der Waals surface area (Å²) in [5.41, 5.74) is 2.46. The second-order valence-electron chi connectivity index (χ2n) is 6.24. The fourth-order valence-electron chi connectivity index (χ4n) is 3.04. The van der Waals surface area contributed by atoms with Crippen molar-refractivity contribution in [2.75, 3.05) is 18.4 Å². The first-order valence-corrected chi connectivity index (χ1v) is 9.29. The first-order chi connectivity index (χ1) is 12.5. The highest BCUT2D eigenvalue weighted by atomic mass is 32.1. The molecule has 1 aromatic heterocycles. The zero-order chi connectivity index (χ0) is 18.5. The molecule has 1 aliphatic rings. The second kappa shape index (κ2) is 8.24. The number of benzene rings is 1. The maximum atomic E-state index is 12.1. The number of aromatic nitrogens is 2. The Kier molecular flexibility index (Phi) is 5.79. The maximum Gasteiger partial charge on any atom is 0.319 e. The molecule has 1 aromatic carbocycles. The van der Waals surface area contributed by atoms with Gasteiger partial charge in [0.05, 0.1) is 6.54 Å². The van der Waals surface area contributed by atoms with Crippen molar-refractivity contribution in [2.24, 2.45) is 0 Å². The van der Waals surface area contributed by atoms with Gasteiger partial charge in [-0.1, -0.05) is 23.5 Å². The summed E-state index contributed by atoms with van der Waals surface area (Å²) < 4.78 is 3.83. The number of nitrogens with one attached hydrogen (secondary N) is 2. The average Bonchev–Trinajstić information content (AvgIpc) is 3.11. The van der Waals surface area contributed by atoms with Crippen molar-refractivity contribution in [1.29, 1.82) is 0 Å². The molecule has 1 fully saturated rings. The number of anilines is 1. The Hall–Kier alpha value is -2.52. The predicted octanol–water partition coefficient (Wildman–Crippen LogP) is 2.26. The van der Waals surface area contributed by atoms with E-state index in [2.05, 4.69) is 20.2 Å². The minimum Gasteiger partial charge on any atom is -0.480 e. The lowest BCUT2D eigenvalue weighted by Gasteiger charge is -2.42. The molecular weight excluding hydrogens is 354 g/mol. The molecule has 1 aliphatic carbocycles. The van der Waals surface area contributed by atoms with Gasteiger partial charge in [0.2, 0.25) is 0 Å². The molecule has 3 rings (SSSR count). The Morgan fingerprint density at radius 3 is 2.62 bits per heavy atom. The fourth-order valence-corrected chi connectivity index (χ4v) is 3.51. The van der Waals surface area contributed by atoms with E-state index < -0.39 is 5.97 Å². The van der Waals surface area contributed by atoms with Crippen LogP contribution in [0.2, 0.25) is 0 Å². The molecule has 2 amide bonds. The van der Waals surface area contributed by atoms with E-state index in [4.69, 9.17) is 5.11 Å². The summed E-state index contributed by atoms with van der Waals surface area (Å²) in [6, 6.07) is 7.45. The van der Waals surface area contributed by atoms with Crippen molar-refractivity contribution in [3.63, 3.8) is 0 Å². The number of nitrogens with zero attached hydrogens (tertiary/aromatic N) is 3. The third-order valence-corrected chi connectivity index (χ3v) is 5.01. The summed E-state index contributed by atoms with van der Waals surface area (Å²) in [5, 5.41) is 20.5. The molecule has 0 radical (unpaired) electrons. The number of carboxylic acid groups (broad SMARTS) is 1. The molecule has 0 atom stereocenters. The molecule has 138 valence electrons. The number of carbonyl (C=O) groups is 2. The molecular formula is C17H21N5O3S. The lowest BCUT2D eigenvalue weighted by Crippen LogP contribution is -2.55. The van der Waals surface area contributed by atoms with Crippen LogP contribution in [-0.2, 0) is 4.79 Å². The molecule has 1 saturated carbocycles. The van der Waals surface area contributed by atoms with Crippen molar-refractivity contribution < 1.29 is 14.7 Å². The van der Waals surface area contributed by atoms with Crippen molar-refractivity contribution in [3.05, 3.63) is 29.6 Å². The van der Waals surface area contributed by atoms with E-state index in [1.165, 1.54) is 11.5 Å². The molecule has 0 bridgehead atoms. The van der Waals surface area contributed by atoms with Crippen LogP contribution >= 0.6 is 11.5 Å². The number of carbonyl (C=O) groups excluding carboxylic acids is 1. The monoisotopic (exact) mass is 375 g/mol. The summed E-state index contributed by atoms with van der Waals surface area (Å²) >= 11 is 1.29. The highest BCUT2D eigenvalue weighted by molar-refractivity contribution is 7.03. The lowest BCUT2D eigenvalue weighted by atomic mass is 9.85. The molecule has 2 aromatic rings. The van der Waals surface area contributed by atoms with E-state index in [0.29, 0.717) is 12.2 Å². The molecule has 0 unspecified atom stereocenters. The minimum atomic E-state index is -0.821. The Bertz CT molecular complexity index is 744. The van der Waals surface area contributed by atoms with Gasteiger partial charge in [0.1, 0.15) is 5.69 Å². The minimum absolute atomic E-state index is 0.0426. The zero-order valence-corrected chi connectivity index (χ0v) is 15.2. The van der Waals surface area contributed by atoms with Crippen molar-refractivity contribution in [2.45, 2.75) is 31.8 Å². The number of amides is 2. The SMILES string of the molecule is CCN(CC(=O)O)C1CC(NC(=O)Nc2ccc(-c3csnn3)cc2)C1. The quantitative estimate of drug-likeness (QED) is 0.685. The Morgan fingerprint density at radius 2 is 2.04 bits per heavy atom. The first-order valence-electron chi connectivity index (χ1n) is 8.46. The molecule has 0 spiro atoms. The molecule has 26 heavy (non-hydrogen) atoms. The second-order valence-corrected chi connectivity index (χ2v) is 6.85. The van der Waals surface area contributed by atoms with Crippen LogP contribution in [0, 0.1) is 0 Å². The van der Waals surface area contributed by atoms with Gasteiger partial charge >= 0.3 is 12.0 Å². The summed E-state index contributed by atoms with van der Waals surface area (Å²) in [7, 11) is 0. The van der Waals surface area contributed by atoms with Gasteiger partial charge in [0, 0.05) is 28.7 Å². The van der Waals surface area contributed by atoms with Gasteiger partial charge in [-0.05, 0) is 43.1 Å². The first kappa shape index (κ1) is 18.3.